The van der Waals surface area contributed by atoms with Crippen LogP contribution in [0.4, 0.5) is 0 Å². The minimum atomic E-state index is 0. The second kappa shape index (κ2) is 13.6. The van der Waals surface area contributed by atoms with Crippen LogP contribution in [0.25, 0.3) is 0 Å². The van der Waals surface area contributed by atoms with Crippen molar-refractivity contribution in [2.45, 2.75) is 59.6 Å². The first-order chi connectivity index (χ1) is 13.5. The third-order valence-electron chi connectivity index (χ3n) is 4.35. The van der Waals surface area contributed by atoms with Crippen LogP contribution < -0.4 is 20.7 Å². The minimum absolute atomic E-state index is 0. The molecule has 1 atom stereocenters. The van der Waals surface area contributed by atoms with Crippen LogP contribution in [-0.2, 0) is 11.3 Å². The van der Waals surface area contributed by atoms with E-state index in [-0.39, 0.29) is 41.9 Å². The monoisotopic (exact) mass is 517 g/mol. The lowest BCUT2D eigenvalue weighted by Crippen LogP contribution is -2.41. The number of halogens is 1. The van der Waals surface area contributed by atoms with E-state index in [1.807, 2.05) is 19.1 Å². The van der Waals surface area contributed by atoms with Crippen molar-refractivity contribution in [1.29, 1.82) is 0 Å². The van der Waals surface area contributed by atoms with E-state index in [1.54, 1.807) is 6.20 Å². The highest BCUT2D eigenvalue weighted by molar-refractivity contribution is 14.0. The summed E-state index contributed by atoms with van der Waals surface area (Å²) in [5, 5.41) is 9.42. The Morgan fingerprint density at radius 2 is 1.97 bits per heavy atom. The lowest BCUT2D eigenvalue weighted by atomic mass is 10.1. The van der Waals surface area contributed by atoms with E-state index in [4.69, 9.17) is 4.74 Å². The first-order valence-corrected chi connectivity index (χ1v) is 10.4. The Morgan fingerprint density at radius 3 is 2.62 bits per heavy atom. The quantitative estimate of drug-likeness (QED) is 0.182. The molecule has 0 aliphatic heterocycles. The first kappa shape index (κ1) is 25.5. The van der Waals surface area contributed by atoms with Gasteiger partial charge in [0.2, 0.25) is 11.8 Å². The Bertz CT molecular complexity index is 650. The maximum atomic E-state index is 11.7. The van der Waals surface area contributed by atoms with Gasteiger partial charge in [-0.2, -0.15) is 0 Å². The lowest BCUT2D eigenvalue weighted by Gasteiger charge is -2.16. The fourth-order valence-corrected chi connectivity index (χ4v) is 2.90. The number of carbonyl (C=O) groups is 1. The number of ether oxygens (including phenoxy) is 1. The van der Waals surface area contributed by atoms with Gasteiger partial charge in [-0.05, 0) is 50.7 Å². The highest BCUT2D eigenvalue weighted by Gasteiger charge is 2.28. The molecule has 0 aromatic carbocycles. The van der Waals surface area contributed by atoms with Gasteiger partial charge in [0.1, 0.15) is 0 Å². The Kier molecular flexibility index (Phi) is 11.9. The van der Waals surface area contributed by atoms with Gasteiger partial charge in [0.25, 0.3) is 0 Å². The van der Waals surface area contributed by atoms with Crippen molar-refractivity contribution in [3.05, 3.63) is 23.9 Å². The number of hydrogen-bond donors (Lipinski definition) is 3. The summed E-state index contributed by atoms with van der Waals surface area (Å²) in [6.07, 6.45) is 4.94. The number of amides is 1. The van der Waals surface area contributed by atoms with Crippen LogP contribution in [0.15, 0.2) is 23.3 Å². The van der Waals surface area contributed by atoms with Crippen molar-refractivity contribution in [1.82, 2.24) is 20.9 Å². The van der Waals surface area contributed by atoms with Gasteiger partial charge in [-0.3, -0.25) is 4.79 Å². The van der Waals surface area contributed by atoms with Crippen molar-refractivity contribution >= 4 is 35.8 Å². The molecule has 164 valence electrons. The first-order valence-electron chi connectivity index (χ1n) is 10.4. The number of carbonyl (C=O) groups excluding carboxylic acids is 1. The Morgan fingerprint density at radius 1 is 1.24 bits per heavy atom. The molecular weight excluding hydrogens is 481 g/mol. The molecule has 1 fully saturated rings. The molecule has 1 aromatic heterocycles. The molecule has 0 bridgehead atoms. The molecule has 7 nitrogen and oxygen atoms in total. The third kappa shape index (κ3) is 10.7. The van der Waals surface area contributed by atoms with Crippen LogP contribution in [-0.4, -0.2) is 42.6 Å². The average molecular weight is 517 g/mol. The number of aliphatic imine (C=N–C) groups is 1. The maximum absolute atomic E-state index is 11.7. The van der Waals surface area contributed by atoms with E-state index in [2.05, 4.69) is 46.7 Å². The van der Waals surface area contributed by atoms with Gasteiger partial charge in [0.05, 0.1) is 12.6 Å². The van der Waals surface area contributed by atoms with E-state index >= 15 is 0 Å². The van der Waals surface area contributed by atoms with Gasteiger partial charge >= 0.3 is 0 Å². The maximum Gasteiger partial charge on any atom is 0.223 e. The largest absolute Gasteiger partial charge is 0.475 e. The summed E-state index contributed by atoms with van der Waals surface area (Å²) < 4.78 is 5.92. The lowest BCUT2D eigenvalue weighted by molar-refractivity contribution is -0.122. The predicted octanol–water partition coefficient (Wildman–Crippen LogP) is 3.09. The Labute approximate surface area is 191 Å². The number of nitrogens with zero attached hydrogens (tertiary/aromatic N) is 2. The Balaban J connectivity index is 0.00000420. The van der Waals surface area contributed by atoms with Crippen molar-refractivity contribution in [3.8, 4) is 5.88 Å². The van der Waals surface area contributed by atoms with Crippen LogP contribution in [0.2, 0.25) is 0 Å². The van der Waals surface area contributed by atoms with E-state index < -0.39 is 0 Å². The summed E-state index contributed by atoms with van der Waals surface area (Å²) in [6, 6.07) is 3.89. The Hall–Kier alpha value is -1.58. The van der Waals surface area contributed by atoms with Gasteiger partial charge in [0.15, 0.2) is 5.96 Å². The zero-order valence-electron chi connectivity index (χ0n) is 18.0. The zero-order valence-corrected chi connectivity index (χ0v) is 20.4. The molecule has 1 heterocycles. The summed E-state index contributed by atoms with van der Waals surface area (Å²) in [7, 11) is 0. The van der Waals surface area contributed by atoms with Gasteiger partial charge in [-0.1, -0.05) is 13.8 Å². The molecule has 2 rings (SSSR count). The van der Waals surface area contributed by atoms with Gasteiger partial charge in [0, 0.05) is 37.8 Å². The standard InChI is InChI=1S/C21H35N5O2.HI/c1-5-22-21(25-11-10-24-20(27)18-6-7-18)26-14-17-8-9-23-19(13-17)28-16(4)12-15(2)3;/h8-9,13,15-16,18H,5-7,10-12,14H2,1-4H3,(H,24,27)(H2,22,25,26);1H. The van der Waals surface area contributed by atoms with Crippen LogP contribution in [0.1, 0.15) is 52.5 Å². The minimum Gasteiger partial charge on any atom is -0.475 e. The molecule has 1 saturated carbocycles. The second-order valence-corrected chi connectivity index (χ2v) is 7.75. The molecule has 0 spiro atoms. The molecular formula is C21H36IN5O2. The number of nitrogens with one attached hydrogen (secondary N) is 3. The molecule has 1 aliphatic rings. The second-order valence-electron chi connectivity index (χ2n) is 7.75. The fourth-order valence-electron chi connectivity index (χ4n) is 2.90. The summed E-state index contributed by atoms with van der Waals surface area (Å²) in [5.41, 5.74) is 1.04. The molecule has 1 aromatic rings. The normalized spacial score (nSPS) is 14.7. The van der Waals surface area contributed by atoms with Gasteiger partial charge in [-0.15, -0.1) is 24.0 Å². The number of rotatable bonds is 11. The van der Waals surface area contributed by atoms with Crippen molar-refractivity contribution in [2.24, 2.45) is 16.8 Å². The van der Waals surface area contributed by atoms with Crippen LogP contribution in [0.5, 0.6) is 5.88 Å². The van der Waals surface area contributed by atoms with E-state index in [0.29, 0.717) is 31.4 Å². The SMILES string of the molecule is CCNC(=NCc1ccnc(OC(C)CC(C)C)c1)NCCNC(=O)C1CC1.I. The highest BCUT2D eigenvalue weighted by atomic mass is 127. The van der Waals surface area contributed by atoms with Gasteiger partial charge < -0.3 is 20.7 Å². The molecule has 8 heteroatoms. The van der Waals surface area contributed by atoms with Crippen LogP contribution in [0.3, 0.4) is 0 Å². The average Bonchev–Trinajstić information content (AvgIpc) is 3.47. The number of guanidine groups is 1. The topological polar surface area (TPSA) is 87.6 Å². The molecule has 1 unspecified atom stereocenters. The molecule has 1 aliphatic carbocycles. The third-order valence-corrected chi connectivity index (χ3v) is 4.35. The molecule has 0 saturated heterocycles. The van der Waals surface area contributed by atoms with E-state index in [9.17, 15) is 4.79 Å². The van der Waals surface area contributed by atoms with Crippen LogP contribution >= 0.6 is 24.0 Å². The number of aromatic nitrogens is 1. The van der Waals surface area contributed by atoms with Crippen LogP contribution in [0, 0.1) is 11.8 Å². The molecule has 1 amide bonds. The molecule has 3 N–H and O–H groups in total. The summed E-state index contributed by atoms with van der Waals surface area (Å²) in [6.45, 7) is 11.0. The number of hydrogen-bond acceptors (Lipinski definition) is 4. The smallest absolute Gasteiger partial charge is 0.223 e. The zero-order chi connectivity index (χ0) is 20.4. The van der Waals surface area contributed by atoms with Crippen molar-refractivity contribution in [2.75, 3.05) is 19.6 Å². The number of pyridine rings is 1. The molecule has 29 heavy (non-hydrogen) atoms. The highest BCUT2D eigenvalue weighted by Crippen LogP contribution is 2.28. The summed E-state index contributed by atoms with van der Waals surface area (Å²) in [5.74, 6) is 2.37. The fraction of sp³-hybridized carbons (Fsp3) is 0.667. The van der Waals surface area contributed by atoms with Crippen molar-refractivity contribution in [3.63, 3.8) is 0 Å². The van der Waals surface area contributed by atoms with Crippen molar-refractivity contribution < 1.29 is 9.53 Å². The van der Waals surface area contributed by atoms with Gasteiger partial charge in [-0.25, -0.2) is 9.98 Å². The predicted molar refractivity (Wildman–Crippen MR) is 128 cm³/mol. The molecule has 0 radical (unpaired) electrons. The van der Waals surface area contributed by atoms with E-state index in [1.165, 1.54) is 0 Å². The van der Waals surface area contributed by atoms with E-state index in [0.717, 1.165) is 37.3 Å². The summed E-state index contributed by atoms with van der Waals surface area (Å²) in [4.78, 5) is 20.6. The summed E-state index contributed by atoms with van der Waals surface area (Å²) >= 11 is 0.